The molecule has 2 aromatic rings. The number of halogens is 2. The fraction of sp³-hybridized carbons (Fsp3) is 0.263. The van der Waals surface area contributed by atoms with E-state index in [1.165, 1.54) is 0 Å². The summed E-state index contributed by atoms with van der Waals surface area (Å²) in [6.07, 6.45) is 1.87. The average molecular weight is 359 g/mol. The standard InChI is InChI=1S/C19H19F2N3O2/c1-11(18(25)24-17-10-13(20)4-9-16(17)21)22-14-5-7-15(8-6-14)23-19(26)12-2-3-12/h4-12,22H,2-3H2,1H3,(H,23,26)(H,24,25)/t11-/m0/s1. The van der Waals surface area contributed by atoms with Crippen LogP contribution < -0.4 is 16.0 Å². The maximum atomic E-state index is 13.6. The Kier molecular flexibility index (Phi) is 5.16. The Balaban J connectivity index is 1.56. The van der Waals surface area contributed by atoms with Crippen LogP contribution in [0.1, 0.15) is 19.8 Å². The maximum absolute atomic E-state index is 13.6. The second-order valence-electron chi connectivity index (χ2n) is 6.32. The van der Waals surface area contributed by atoms with E-state index >= 15 is 0 Å². The van der Waals surface area contributed by atoms with Crippen LogP contribution in [-0.4, -0.2) is 17.9 Å². The third-order valence-corrected chi connectivity index (χ3v) is 4.06. The summed E-state index contributed by atoms with van der Waals surface area (Å²) >= 11 is 0. The van der Waals surface area contributed by atoms with Gasteiger partial charge in [-0.15, -0.1) is 0 Å². The Bertz CT molecular complexity index is 820. The zero-order valence-corrected chi connectivity index (χ0v) is 14.2. The highest BCUT2D eigenvalue weighted by molar-refractivity contribution is 5.96. The molecule has 0 spiro atoms. The zero-order chi connectivity index (χ0) is 18.7. The number of nitrogens with one attached hydrogen (secondary N) is 3. The van der Waals surface area contributed by atoms with Crippen molar-refractivity contribution in [1.82, 2.24) is 0 Å². The molecule has 1 saturated carbocycles. The fourth-order valence-corrected chi connectivity index (χ4v) is 2.39. The van der Waals surface area contributed by atoms with Gasteiger partial charge in [0.05, 0.1) is 5.69 Å². The van der Waals surface area contributed by atoms with E-state index in [2.05, 4.69) is 16.0 Å². The fourth-order valence-electron chi connectivity index (χ4n) is 2.39. The number of hydrogen-bond acceptors (Lipinski definition) is 3. The Morgan fingerprint density at radius 3 is 2.31 bits per heavy atom. The molecule has 0 aromatic heterocycles. The molecular formula is C19H19F2N3O2. The number of hydrogen-bond donors (Lipinski definition) is 3. The Morgan fingerprint density at radius 1 is 1.00 bits per heavy atom. The molecule has 7 heteroatoms. The zero-order valence-electron chi connectivity index (χ0n) is 14.2. The van der Waals surface area contributed by atoms with Crippen molar-refractivity contribution in [1.29, 1.82) is 0 Å². The summed E-state index contributed by atoms with van der Waals surface area (Å²) in [7, 11) is 0. The first kappa shape index (κ1) is 17.8. The monoisotopic (exact) mass is 359 g/mol. The molecule has 0 heterocycles. The number of carbonyl (C=O) groups is 2. The molecule has 26 heavy (non-hydrogen) atoms. The van der Waals surface area contributed by atoms with Crippen LogP contribution in [0, 0.1) is 17.6 Å². The summed E-state index contributed by atoms with van der Waals surface area (Å²) in [6, 6.07) is 9.12. The summed E-state index contributed by atoms with van der Waals surface area (Å²) in [5.74, 6) is -1.69. The molecule has 2 amide bonds. The van der Waals surface area contributed by atoms with Gasteiger partial charge in [0.25, 0.3) is 0 Å². The summed E-state index contributed by atoms with van der Waals surface area (Å²) in [5.41, 5.74) is 1.14. The molecule has 1 atom stereocenters. The molecular weight excluding hydrogens is 340 g/mol. The molecule has 136 valence electrons. The minimum Gasteiger partial charge on any atom is -0.374 e. The van der Waals surface area contributed by atoms with E-state index in [0.29, 0.717) is 11.4 Å². The van der Waals surface area contributed by atoms with Crippen LogP contribution in [-0.2, 0) is 9.59 Å². The van der Waals surface area contributed by atoms with Crippen molar-refractivity contribution >= 4 is 28.9 Å². The van der Waals surface area contributed by atoms with Gasteiger partial charge in [-0.2, -0.15) is 0 Å². The minimum atomic E-state index is -0.706. The summed E-state index contributed by atoms with van der Waals surface area (Å²) in [4.78, 5) is 23.9. The predicted octanol–water partition coefficient (Wildman–Crippen LogP) is 3.75. The summed E-state index contributed by atoms with van der Waals surface area (Å²) in [6.45, 7) is 1.61. The summed E-state index contributed by atoms with van der Waals surface area (Å²) in [5, 5.41) is 8.15. The van der Waals surface area contributed by atoms with E-state index in [-0.39, 0.29) is 17.5 Å². The number of anilines is 3. The molecule has 3 rings (SSSR count). The van der Waals surface area contributed by atoms with Gasteiger partial charge >= 0.3 is 0 Å². The Hall–Kier alpha value is -2.96. The minimum absolute atomic E-state index is 0.0237. The van der Waals surface area contributed by atoms with Gasteiger partial charge in [-0.3, -0.25) is 9.59 Å². The molecule has 1 aliphatic carbocycles. The molecule has 0 bridgehead atoms. The highest BCUT2D eigenvalue weighted by Gasteiger charge is 2.29. The van der Waals surface area contributed by atoms with Crippen molar-refractivity contribution in [3.8, 4) is 0 Å². The van der Waals surface area contributed by atoms with Crippen molar-refractivity contribution in [2.75, 3.05) is 16.0 Å². The van der Waals surface area contributed by atoms with Crippen LogP contribution in [0.4, 0.5) is 25.8 Å². The lowest BCUT2D eigenvalue weighted by Gasteiger charge is -2.16. The van der Waals surface area contributed by atoms with Crippen molar-refractivity contribution in [3.63, 3.8) is 0 Å². The Labute approximate surface area is 149 Å². The lowest BCUT2D eigenvalue weighted by Crippen LogP contribution is -2.32. The summed E-state index contributed by atoms with van der Waals surface area (Å²) < 4.78 is 26.8. The average Bonchev–Trinajstić information content (AvgIpc) is 3.45. The smallest absolute Gasteiger partial charge is 0.246 e. The van der Waals surface area contributed by atoms with Crippen molar-refractivity contribution in [2.24, 2.45) is 5.92 Å². The van der Waals surface area contributed by atoms with E-state index in [1.807, 2.05) is 0 Å². The largest absolute Gasteiger partial charge is 0.374 e. The lowest BCUT2D eigenvalue weighted by molar-refractivity contribution is -0.117. The molecule has 1 fully saturated rings. The number of rotatable bonds is 6. The van der Waals surface area contributed by atoms with Crippen molar-refractivity contribution < 1.29 is 18.4 Å². The normalized spacial score (nSPS) is 14.4. The first-order valence-corrected chi connectivity index (χ1v) is 8.36. The second kappa shape index (κ2) is 7.51. The van der Waals surface area contributed by atoms with Crippen LogP contribution >= 0.6 is 0 Å². The van der Waals surface area contributed by atoms with Gasteiger partial charge in [0, 0.05) is 23.4 Å². The Morgan fingerprint density at radius 2 is 1.65 bits per heavy atom. The topological polar surface area (TPSA) is 70.2 Å². The van der Waals surface area contributed by atoms with Gasteiger partial charge in [-0.25, -0.2) is 8.78 Å². The van der Waals surface area contributed by atoms with Crippen LogP contribution in [0.25, 0.3) is 0 Å². The van der Waals surface area contributed by atoms with E-state index in [0.717, 1.165) is 31.0 Å². The highest BCUT2D eigenvalue weighted by atomic mass is 19.1. The van der Waals surface area contributed by atoms with E-state index < -0.39 is 23.6 Å². The van der Waals surface area contributed by atoms with Crippen LogP contribution in [0.5, 0.6) is 0 Å². The number of carbonyl (C=O) groups excluding carboxylic acids is 2. The van der Waals surface area contributed by atoms with E-state index in [1.54, 1.807) is 31.2 Å². The number of amides is 2. The number of benzene rings is 2. The predicted molar refractivity (Wildman–Crippen MR) is 95.9 cm³/mol. The van der Waals surface area contributed by atoms with Gasteiger partial charge in [-0.05, 0) is 56.2 Å². The van der Waals surface area contributed by atoms with Crippen LogP contribution in [0.3, 0.4) is 0 Å². The SMILES string of the molecule is C[C@H](Nc1ccc(NC(=O)C2CC2)cc1)C(=O)Nc1cc(F)ccc1F. The van der Waals surface area contributed by atoms with Gasteiger partial charge in [0.15, 0.2) is 0 Å². The van der Waals surface area contributed by atoms with Gasteiger partial charge < -0.3 is 16.0 Å². The molecule has 5 nitrogen and oxygen atoms in total. The van der Waals surface area contributed by atoms with Crippen molar-refractivity contribution in [3.05, 3.63) is 54.1 Å². The molecule has 0 unspecified atom stereocenters. The molecule has 1 aliphatic rings. The van der Waals surface area contributed by atoms with Crippen LogP contribution in [0.2, 0.25) is 0 Å². The first-order chi connectivity index (χ1) is 12.4. The molecule has 2 aromatic carbocycles. The van der Waals surface area contributed by atoms with E-state index in [9.17, 15) is 18.4 Å². The third kappa shape index (κ3) is 4.56. The van der Waals surface area contributed by atoms with Gasteiger partial charge in [-0.1, -0.05) is 0 Å². The maximum Gasteiger partial charge on any atom is 0.246 e. The van der Waals surface area contributed by atoms with Gasteiger partial charge in [0.2, 0.25) is 11.8 Å². The lowest BCUT2D eigenvalue weighted by atomic mass is 10.2. The second-order valence-corrected chi connectivity index (χ2v) is 6.32. The van der Waals surface area contributed by atoms with Crippen LogP contribution in [0.15, 0.2) is 42.5 Å². The highest BCUT2D eigenvalue weighted by Crippen LogP contribution is 2.30. The molecule has 0 saturated heterocycles. The molecule has 0 aliphatic heterocycles. The molecule has 0 radical (unpaired) electrons. The first-order valence-electron chi connectivity index (χ1n) is 8.36. The third-order valence-electron chi connectivity index (χ3n) is 4.06. The van der Waals surface area contributed by atoms with Crippen molar-refractivity contribution in [2.45, 2.75) is 25.8 Å². The quantitative estimate of drug-likeness (QED) is 0.736. The van der Waals surface area contributed by atoms with Gasteiger partial charge in [0.1, 0.15) is 17.7 Å². The molecule has 3 N–H and O–H groups in total. The van der Waals surface area contributed by atoms with E-state index in [4.69, 9.17) is 0 Å².